The number of aromatic nitrogens is 3. The van der Waals surface area contributed by atoms with Gasteiger partial charge in [-0.1, -0.05) is 0 Å². The Labute approximate surface area is 115 Å². The molecule has 0 saturated carbocycles. The summed E-state index contributed by atoms with van der Waals surface area (Å²) in [6.45, 7) is 1.88. The van der Waals surface area contributed by atoms with Crippen molar-refractivity contribution in [3.8, 4) is 0 Å². The van der Waals surface area contributed by atoms with Crippen LogP contribution in [0.15, 0.2) is 18.6 Å². The number of rotatable bonds is 2. The summed E-state index contributed by atoms with van der Waals surface area (Å²) in [5.74, 6) is -0.219. The molecule has 0 bridgehead atoms. The Balaban J connectivity index is 1.79. The molecule has 2 atom stereocenters. The van der Waals surface area contributed by atoms with E-state index in [1.165, 1.54) is 6.33 Å². The molecule has 1 aliphatic heterocycles. The third kappa shape index (κ3) is 2.22. The van der Waals surface area contributed by atoms with Crippen molar-refractivity contribution in [3.63, 3.8) is 0 Å². The van der Waals surface area contributed by atoms with Crippen LogP contribution in [0.1, 0.15) is 30.3 Å². The number of nitrogens with one attached hydrogen (secondary N) is 3. The molecule has 0 aromatic carbocycles. The Hall–Kier alpha value is -2.44. The lowest BCUT2D eigenvalue weighted by Gasteiger charge is -2.30. The minimum atomic E-state index is -0.245. The van der Waals surface area contributed by atoms with Crippen LogP contribution < -0.4 is 10.6 Å². The van der Waals surface area contributed by atoms with Gasteiger partial charge in [0.1, 0.15) is 17.7 Å². The lowest BCUT2D eigenvalue weighted by Crippen LogP contribution is -2.54. The van der Waals surface area contributed by atoms with Gasteiger partial charge in [0.25, 0.3) is 5.91 Å². The zero-order valence-electron chi connectivity index (χ0n) is 11.0. The van der Waals surface area contributed by atoms with E-state index in [4.69, 9.17) is 0 Å². The van der Waals surface area contributed by atoms with Gasteiger partial charge in [0.2, 0.25) is 5.91 Å². The summed E-state index contributed by atoms with van der Waals surface area (Å²) in [5.41, 5.74) is 0.982. The maximum atomic E-state index is 12.3. The molecule has 7 heteroatoms. The van der Waals surface area contributed by atoms with Crippen molar-refractivity contribution in [2.45, 2.75) is 31.8 Å². The molecule has 2 aromatic rings. The Morgan fingerprint density at radius 1 is 1.45 bits per heavy atom. The van der Waals surface area contributed by atoms with Crippen LogP contribution in [0.2, 0.25) is 0 Å². The van der Waals surface area contributed by atoms with E-state index in [9.17, 15) is 9.59 Å². The summed E-state index contributed by atoms with van der Waals surface area (Å²) in [6, 6.07) is 1.61. The molecular weight excluding hydrogens is 258 g/mol. The largest absolute Gasteiger partial charge is 0.352 e. The standard InChI is InChI=1S/C13H15N5O2/c1-7-9(2-3-10(19)17-7)18-13(20)11-8-4-5-14-12(8)16-6-15-11/h4-7,9H,2-3H2,1H3,(H,17,19)(H,18,20)(H,14,15,16). The van der Waals surface area contributed by atoms with E-state index in [0.29, 0.717) is 29.6 Å². The lowest BCUT2D eigenvalue weighted by molar-refractivity contribution is -0.123. The van der Waals surface area contributed by atoms with Crippen molar-refractivity contribution in [3.05, 3.63) is 24.3 Å². The zero-order chi connectivity index (χ0) is 14.1. The van der Waals surface area contributed by atoms with Gasteiger partial charge in [-0.2, -0.15) is 0 Å². The van der Waals surface area contributed by atoms with E-state index >= 15 is 0 Å². The highest BCUT2D eigenvalue weighted by Gasteiger charge is 2.27. The maximum Gasteiger partial charge on any atom is 0.271 e. The topological polar surface area (TPSA) is 99.8 Å². The average Bonchev–Trinajstić information content (AvgIpc) is 2.90. The van der Waals surface area contributed by atoms with Crippen LogP contribution in [0.3, 0.4) is 0 Å². The number of carbonyl (C=O) groups is 2. The second kappa shape index (κ2) is 4.92. The van der Waals surface area contributed by atoms with Gasteiger partial charge in [0.05, 0.1) is 5.39 Å². The van der Waals surface area contributed by atoms with Crippen LogP contribution in [-0.4, -0.2) is 38.8 Å². The summed E-state index contributed by atoms with van der Waals surface area (Å²) in [4.78, 5) is 34.6. The van der Waals surface area contributed by atoms with Crippen molar-refractivity contribution in [1.82, 2.24) is 25.6 Å². The Kier molecular flexibility index (Phi) is 3.09. The fourth-order valence-electron chi connectivity index (χ4n) is 2.45. The first kappa shape index (κ1) is 12.6. The summed E-state index contributed by atoms with van der Waals surface area (Å²) < 4.78 is 0. The van der Waals surface area contributed by atoms with Crippen molar-refractivity contribution in [2.75, 3.05) is 0 Å². The molecule has 0 spiro atoms. The summed E-state index contributed by atoms with van der Waals surface area (Å²) >= 11 is 0. The SMILES string of the molecule is CC1NC(=O)CCC1NC(=O)c1ncnc2[nH]ccc12. The number of hydrogen-bond acceptors (Lipinski definition) is 4. The average molecular weight is 273 g/mol. The molecule has 0 radical (unpaired) electrons. The molecule has 7 nitrogen and oxygen atoms in total. The molecule has 1 aliphatic rings. The normalized spacial score (nSPS) is 22.6. The molecule has 3 N–H and O–H groups in total. The second-order valence-electron chi connectivity index (χ2n) is 4.94. The van der Waals surface area contributed by atoms with E-state index in [1.807, 2.05) is 6.92 Å². The number of carbonyl (C=O) groups excluding carboxylic acids is 2. The molecule has 20 heavy (non-hydrogen) atoms. The van der Waals surface area contributed by atoms with Gasteiger partial charge in [0, 0.05) is 24.7 Å². The van der Waals surface area contributed by atoms with E-state index in [2.05, 4.69) is 25.6 Å². The van der Waals surface area contributed by atoms with Gasteiger partial charge in [-0.05, 0) is 19.4 Å². The Morgan fingerprint density at radius 2 is 2.30 bits per heavy atom. The molecule has 1 fully saturated rings. The van der Waals surface area contributed by atoms with Crippen LogP contribution in [0.5, 0.6) is 0 Å². The number of amides is 2. The highest BCUT2D eigenvalue weighted by atomic mass is 16.2. The molecule has 3 heterocycles. The Morgan fingerprint density at radius 3 is 3.10 bits per heavy atom. The van der Waals surface area contributed by atoms with Gasteiger partial charge in [-0.25, -0.2) is 9.97 Å². The zero-order valence-corrected chi connectivity index (χ0v) is 11.0. The summed E-state index contributed by atoms with van der Waals surface area (Å²) in [5, 5.41) is 6.45. The second-order valence-corrected chi connectivity index (χ2v) is 4.94. The van der Waals surface area contributed by atoms with Gasteiger partial charge in [-0.3, -0.25) is 9.59 Å². The summed E-state index contributed by atoms with van der Waals surface area (Å²) in [6.07, 6.45) is 4.15. The quantitative estimate of drug-likeness (QED) is 0.735. The lowest BCUT2D eigenvalue weighted by atomic mass is 9.99. The van der Waals surface area contributed by atoms with Crippen molar-refractivity contribution in [1.29, 1.82) is 0 Å². The first-order chi connectivity index (χ1) is 9.65. The van der Waals surface area contributed by atoms with E-state index in [0.717, 1.165) is 0 Å². The number of H-pyrrole nitrogens is 1. The van der Waals surface area contributed by atoms with Crippen molar-refractivity contribution >= 4 is 22.8 Å². The Bertz CT molecular complexity index is 666. The van der Waals surface area contributed by atoms with Crippen molar-refractivity contribution < 1.29 is 9.59 Å². The third-order valence-electron chi connectivity index (χ3n) is 3.56. The third-order valence-corrected chi connectivity index (χ3v) is 3.56. The van der Waals surface area contributed by atoms with E-state index < -0.39 is 0 Å². The van der Waals surface area contributed by atoms with Crippen LogP contribution in [0.25, 0.3) is 11.0 Å². The van der Waals surface area contributed by atoms with Crippen LogP contribution in [0, 0.1) is 0 Å². The number of fused-ring (bicyclic) bond motifs is 1. The monoisotopic (exact) mass is 273 g/mol. The fourth-order valence-corrected chi connectivity index (χ4v) is 2.45. The molecule has 1 saturated heterocycles. The number of hydrogen-bond donors (Lipinski definition) is 3. The fraction of sp³-hybridized carbons (Fsp3) is 0.385. The molecule has 2 amide bonds. The molecule has 0 aliphatic carbocycles. The summed E-state index contributed by atoms with van der Waals surface area (Å²) in [7, 11) is 0. The first-order valence-electron chi connectivity index (χ1n) is 6.53. The smallest absolute Gasteiger partial charge is 0.271 e. The predicted molar refractivity (Wildman–Crippen MR) is 72.0 cm³/mol. The van der Waals surface area contributed by atoms with Gasteiger partial charge < -0.3 is 15.6 Å². The minimum Gasteiger partial charge on any atom is -0.352 e. The van der Waals surface area contributed by atoms with Gasteiger partial charge >= 0.3 is 0 Å². The number of nitrogens with zero attached hydrogens (tertiary/aromatic N) is 2. The number of piperidine rings is 1. The van der Waals surface area contributed by atoms with Crippen LogP contribution in [0.4, 0.5) is 0 Å². The van der Waals surface area contributed by atoms with Crippen molar-refractivity contribution in [2.24, 2.45) is 0 Å². The highest BCUT2D eigenvalue weighted by molar-refractivity contribution is 6.03. The highest BCUT2D eigenvalue weighted by Crippen LogP contribution is 2.14. The number of aromatic amines is 1. The molecule has 104 valence electrons. The van der Waals surface area contributed by atoms with E-state index in [-0.39, 0.29) is 23.9 Å². The van der Waals surface area contributed by atoms with Gasteiger partial charge in [-0.15, -0.1) is 0 Å². The van der Waals surface area contributed by atoms with E-state index in [1.54, 1.807) is 12.3 Å². The molecule has 3 rings (SSSR count). The molecule has 2 aromatic heterocycles. The maximum absolute atomic E-state index is 12.3. The first-order valence-corrected chi connectivity index (χ1v) is 6.53. The molecular formula is C13H15N5O2. The minimum absolute atomic E-state index is 0.0260. The molecule has 2 unspecified atom stereocenters. The predicted octanol–water partition coefficient (Wildman–Crippen LogP) is 0.355. The van der Waals surface area contributed by atoms with Crippen LogP contribution >= 0.6 is 0 Å². The van der Waals surface area contributed by atoms with Crippen LogP contribution in [-0.2, 0) is 4.79 Å². The van der Waals surface area contributed by atoms with Gasteiger partial charge in [0.15, 0.2) is 0 Å².